The van der Waals surface area contributed by atoms with E-state index in [0.29, 0.717) is 12.0 Å². The van der Waals surface area contributed by atoms with Crippen molar-refractivity contribution in [3.63, 3.8) is 0 Å². The van der Waals surface area contributed by atoms with Gasteiger partial charge in [0.05, 0.1) is 17.1 Å². The molecule has 0 bridgehead atoms. The maximum Gasteiger partial charge on any atom is 0.317 e. The van der Waals surface area contributed by atoms with Gasteiger partial charge in [-0.2, -0.15) is 0 Å². The molecule has 1 aliphatic rings. The first-order valence-corrected chi connectivity index (χ1v) is 8.77. The summed E-state index contributed by atoms with van der Waals surface area (Å²) in [6.07, 6.45) is 0. The normalized spacial score (nSPS) is 15.8. The maximum atomic E-state index is 12.2. The van der Waals surface area contributed by atoms with Gasteiger partial charge in [-0.15, -0.1) is 0 Å². The smallest absolute Gasteiger partial charge is 0.317 e. The van der Waals surface area contributed by atoms with Gasteiger partial charge in [0.15, 0.2) is 0 Å². The van der Waals surface area contributed by atoms with Crippen LogP contribution in [0.4, 0.5) is 4.79 Å². The summed E-state index contributed by atoms with van der Waals surface area (Å²) in [4.78, 5) is 18.9. The monoisotopic (exact) mass is 328 g/mol. The van der Waals surface area contributed by atoms with Crippen molar-refractivity contribution in [2.75, 3.05) is 19.6 Å². The summed E-state index contributed by atoms with van der Waals surface area (Å²) < 4.78 is 2.33. The zero-order chi connectivity index (χ0) is 17.5. The lowest BCUT2D eigenvalue weighted by atomic mass is 9.94. The molecule has 5 heteroatoms. The number of hydrogen-bond acceptors (Lipinski definition) is 2. The van der Waals surface area contributed by atoms with E-state index in [1.54, 1.807) is 0 Å². The van der Waals surface area contributed by atoms with Crippen molar-refractivity contribution in [2.24, 2.45) is 5.92 Å². The summed E-state index contributed by atoms with van der Waals surface area (Å²) in [5.74, 6) is 1.56. The van der Waals surface area contributed by atoms with E-state index in [4.69, 9.17) is 4.98 Å². The highest BCUT2D eigenvalue weighted by atomic mass is 16.2. The van der Waals surface area contributed by atoms with Gasteiger partial charge in [-0.1, -0.05) is 46.8 Å². The number of amides is 2. The quantitative estimate of drug-likeness (QED) is 0.936. The lowest BCUT2D eigenvalue weighted by Gasteiger charge is -2.41. The number of carbonyl (C=O) groups excluding carboxylic acids is 1. The number of nitrogens with zero attached hydrogens (tertiary/aromatic N) is 3. The Balaban J connectivity index is 1.80. The van der Waals surface area contributed by atoms with Crippen molar-refractivity contribution < 1.29 is 4.79 Å². The lowest BCUT2D eigenvalue weighted by molar-refractivity contribution is 0.123. The Labute approximate surface area is 144 Å². The van der Waals surface area contributed by atoms with Crippen LogP contribution >= 0.6 is 0 Å². The van der Waals surface area contributed by atoms with Gasteiger partial charge >= 0.3 is 6.03 Å². The molecule has 1 aromatic carbocycles. The second-order valence-electron chi connectivity index (χ2n) is 8.18. The third-order valence-corrected chi connectivity index (χ3v) is 4.44. The molecule has 0 unspecified atom stereocenters. The molecule has 0 atom stereocenters. The van der Waals surface area contributed by atoms with Crippen molar-refractivity contribution in [1.82, 2.24) is 19.8 Å². The molecule has 1 saturated heterocycles. The minimum absolute atomic E-state index is 0.0284. The zero-order valence-electron chi connectivity index (χ0n) is 15.3. The van der Waals surface area contributed by atoms with Gasteiger partial charge in [0.25, 0.3) is 0 Å². The lowest BCUT2D eigenvalue weighted by Crippen LogP contribution is -2.55. The van der Waals surface area contributed by atoms with Crippen LogP contribution < -0.4 is 5.32 Å². The van der Waals surface area contributed by atoms with Gasteiger partial charge in [0.1, 0.15) is 5.82 Å². The molecular weight excluding hydrogens is 300 g/mol. The van der Waals surface area contributed by atoms with Crippen LogP contribution in [0.3, 0.4) is 0 Å². The number of para-hydroxylation sites is 2. The Kier molecular flexibility index (Phi) is 4.28. The van der Waals surface area contributed by atoms with E-state index in [-0.39, 0.29) is 11.4 Å². The number of carbonyl (C=O) groups is 1. The number of likely N-dealkylation sites (tertiary alicyclic amines) is 1. The summed E-state index contributed by atoms with van der Waals surface area (Å²) >= 11 is 0. The van der Waals surface area contributed by atoms with Crippen LogP contribution in [0.1, 0.15) is 46.5 Å². The Hall–Kier alpha value is -2.04. The van der Waals surface area contributed by atoms with Crippen molar-refractivity contribution in [1.29, 1.82) is 0 Å². The summed E-state index contributed by atoms with van der Waals surface area (Å²) in [5, 5.41) is 2.99. The molecule has 130 valence electrons. The van der Waals surface area contributed by atoms with E-state index in [0.717, 1.165) is 36.5 Å². The summed E-state index contributed by atoms with van der Waals surface area (Å²) in [6.45, 7) is 13.0. The van der Waals surface area contributed by atoms with Crippen LogP contribution in [0, 0.1) is 5.92 Å². The van der Waals surface area contributed by atoms with Crippen LogP contribution in [0.25, 0.3) is 11.0 Å². The first-order valence-electron chi connectivity index (χ1n) is 8.77. The Morgan fingerprint density at radius 2 is 1.96 bits per heavy atom. The van der Waals surface area contributed by atoms with Gasteiger partial charge in [-0.25, -0.2) is 9.78 Å². The van der Waals surface area contributed by atoms with E-state index < -0.39 is 0 Å². The van der Waals surface area contributed by atoms with Crippen molar-refractivity contribution in [3.05, 3.63) is 30.1 Å². The largest absolute Gasteiger partial charge is 0.338 e. The molecular formula is C19H28N4O. The Morgan fingerprint density at radius 3 is 2.58 bits per heavy atom. The van der Waals surface area contributed by atoms with Gasteiger partial charge in [0, 0.05) is 25.0 Å². The van der Waals surface area contributed by atoms with E-state index in [1.165, 1.54) is 0 Å². The highest BCUT2D eigenvalue weighted by Crippen LogP contribution is 2.33. The SMILES string of the molecule is CC(C)CNC(=O)N1CC(n2c(C(C)(C)C)nc3ccccc32)C1. The molecule has 1 fully saturated rings. The van der Waals surface area contributed by atoms with Gasteiger partial charge in [-0.05, 0) is 18.1 Å². The second-order valence-corrected chi connectivity index (χ2v) is 8.18. The highest BCUT2D eigenvalue weighted by Gasteiger charge is 2.36. The first-order chi connectivity index (χ1) is 11.3. The average Bonchev–Trinajstić information content (AvgIpc) is 2.83. The topological polar surface area (TPSA) is 50.2 Å². The van der Waals surface area contributed by atoms with Gasteiger partial charge in [0.2, 0.25) is 0 Å². The second kappa shape index (κ2) is 6.11. The van der Waals surface area contributed by atoms with Crippen LogP contribution in [-0.2, 0) is 5.41 Å². The number of nitrogens with one attached hydrogen (secondary N) is 1. The predicted molar refractivity (Wildman–Crippen MR) is 97.3 cm³/mol. The number of imidazole rings is 1. The molecule has 0 spiro atoms. The first kappa shape index (κ1) is 16.8. The van der Waals surface area contributed by atoms with Crippen LogP contribution in [0.15, 0.2) is 24.3 Å². The molecule has 2 amide bonds. The molecule has 1 aliphatic heterocycles. The summed E-state index contributed by atoms with van der Waals surface area (Å²) in [6, 6.07) is 8.61. The molecule has 5 nitrogen and oxygen atoms in total. The maximum absolute atomic E-state index is 12.2. The van der Waals surface area contributed by atoms with E-state index >= 15 is 0 Å². The molecule has 24 heavy (non-hydrogen) atoms. The molecule has 0 saturated carbocycles. The standard InChI is InChI=1S/C19H28N4O/c1-13(2)10-20-18(24)22-11-14(12-22)23-16-9-7-6-8-15(16)21-17(23)19(3,4)5/h6-9,13-14H,10-12H2,1-5H3,(H,20,24). The fourth-order valence-electron chi connectivity index (χ4n) is 3.13. The molecule has 0 radical (unpaired) electrons. The van der Waals surface area contributed by atoms with Crippen molar-refractivity contribution in [3.8, 4) is 0 Å². The number of hydrogen-bond donors (Lipinski definition) is 1. The van der Waals surface area contributed by atoms with Crippen LogP contribution in [0.5, 0.6) is 0 Å². The number of urea groups is 1. The van der Waals surface area contributed by atoms with Crippen molar-refractivity contribution in [2.45, 2.75) is 46.1 Å². The average molecular weight is 328 g/mol. The number of fused-ring (bicyclic) bond motifs is 1. The molecule has 2 aromatic rings. The Morgan fingerprint density at radius 1 is 1.29 bits per heavy atom. The van der Waals surface area contributed by atoms with E-state index in [1.807, 2.05) is 11.0 Å². The van der Waals surface area contributed by atoms with E-state index in [2.05, 4.69) is 62.7 Å². The summed E-state index contributed by atoms with van der Waals surface area (Å²) in [7, 11) is 0. The number of aromatic nitrogens is 2. The molecule has 2 heterocycles. The van der Waals surface area contributed by atoms with Crippen LogP contribution in [0.2, 0.25) is 0 Å². The Bertz CT molecular complexity index is 735. The minimum Gasteiger partial charge on any atom is -0.338 e. The summed E-state index contributed by atoms with van der Waals surface area (Å²) in [5.41, 5.74) is 2.17. The zero-order valence-corrected chi connectivity index (χ0v) is 15.3. The van der Waals surface area contributed by atoms with Crippen molar-refractivity contribution >= 4 is 17.1 Å². The number of rotatable bonds is 3. The molecule has 3 rings (SSSR count). The fourth-order valence-corrected chi connectivity index (χ4v) is 3.13. The molecule has 1 aromatic heterocycles. The van der Waals surface area contributed by atoms with Crippen LogP contribution in [-0.4, -0.2) is 40.1 Å². The third-order valence-electron chi connectivity index (χ3n) is 4.44. The predicted octanol–water partition coefficient (Wildman–Crippen LogP) is 3.56. The van der Waals surface area contributed by atoms with E-state index in [9.17, 15) is 4.79 Å². The fraction of sp³-hybridized carbons (Fsp3) is 0.579. The number of benzene rings is 1. The van der Waals surface area contributed by atoms with Gasteiger partial charge in [-0.3, -0.25) is 0 Å². The van der Waals surface area contributed by atoms with Gasteiger partial charge < -0.3 is 14.8 Å². The molecule has 0 aliphatic carbocycles. The third kappa shape index (κ3) is 3.12. The molecule has 1 N–H and O–H groups in total. The minimum atomic E-state index is -0.0284. The highest BCUT2D eigenvalue weighted by molar-refractivity contribution is 5.78.